The molecule has 0 saturated heterocycles. The van der Waals surface area contributed by atoms with Gasteiger partial charge in [0, 0.05) is 5.69 Å². The Bertz CT molecular complexity index is 746. The van der Waals surface area contributed by atoms with Crippen molar-refractivity contribution < 1.29 is 4.79 Å². The van der Waals surface area contributed by atoms with Crippen LogP contribution in [0.5, 0.6) is 0 Å². The Morgan fingerprint density at radius 3 is 2.64 bits per heavy atom. The van der Waals surface area contributed by atoms with Gasteiger partial charge < -0.3 is 5.32 Å². The van der Waals surface area contributed by atoms with Gasteiger partial charge in [-0.25, -0.2) is 9.48 Å². The predicted octanol–water partition coefficient (Wildman–Crippen LogP) is 0.913. The van der Waals surface area contributed by atoms with Crippen LogP contribution in [-0.2, 0) is 17.8 Å². The number of nitrogens with one attached hydrogen (secondary N) is 2. The van der Waals surface area contributed by atoms with Gasteiger partial charge >= 0.3 is 5.69 Å². The number of aromatic nitrogens is 3. The molecule has 1 heterocycles. The number of hydrogen-bond donors (Lipinski definition) is 2. The minimum atomic E-state index is -0.711. The van der Waals surface area contributed by atoms with Crippen LogP contribution in [0.4, 0.5) is 5.69 Å². The molecular formula is C15H18N4O3. The van der Waals surface area contributed by atoms with Crippen LogP contribution in [0.15, 0.2) is 40.1 Å². The molecule has 2 N–H and O–H groups in total. The zero-order valence-electron chi connectivity index (χ0n) is 12.3. The molecule has 7 heteroatoms. The lowest BCUT2D eigenvalue weighted by atomic mass is 10.1. The summed E-state index contributed by atoms with van der Waals surface area (Å²) in [5, 5.41) is 6.29. The number of aromatic amines is 1. The first-order valence-electron chi connectivity index (χ1n) is 7.13. The fraction of sp³-hybridized carbons (Fsp3) is 0.333. The Kier molecular flexibility index (Phi) is 5.24. The van der Waals surface area contributed by atoms with Gasteiger partial charge in [0.15, 0.2) is 0 Å². The van der Waals surface area contributed by atoms with Crippen LogP contribution in [0.1, 0.15) is 25.3 Å². The molecule has 0 saturated carbocycles. The van der Waals surface area contributed by atoms with Gasteiger partial charge in [-0.3, -0.25) is 14.6 Å². The molecule has 7 nitrogen and oxygen atoms in total. The summed E-state index contributed by atoms with van der Waals surface area (Å²) in [6.45, 7) is 1.88. The average Bonchev–Trinajstić information content (AvgIpc) is 2.49. The number of aryl methyl sites for hydroxylation is 1. The molecule has 0 fully saturated rings. The van der Waals surface area contributed by atoms with Crippen molar-refractivity contribution in [1.29, 1.82) is 0 Å². The third-order valence-corrected chi connectivity index (χ3v) is 3.13. The first kappa shape index (κ1) is 15.7. The average molecular weight is 302 g/mol. The standard InChI is InChI=1S/C15H18N4O3/c1-2-3-4-11-5-7-12(8-6-11)17-14(21)10-19-15(22)18-13(20)9-16-19/h5-9H,2-4,10H2,1H3,(H,17,21)(H,18,20,22). The lowest BCUT2D eigenvalue weighted by Crippen LogP contribution is -2.35. The second-order valence-corrected chi connectivity index (χ2v) is 4.95. The summed E-state index contributed by atoms with van der Waals surface area (Å²) in [4.78, 5) is 36.2. The molecule has 0 radical (unpaired) electrons. The van der Waals surface area contributed by atoms with Gasteiger partial charge in [-0.15, -0.1) is 0 Å². The van der Waals surface area contributed by atoms with E-state index in [2.05, 4.69) is 17.3 Å². The normalized spacial score (nSPS) is 10.4. The predicted molar refractivity (Wildman–Crippen MR) is 82.8 cm³/mol. The van der Waals surface area contributed by atoms with E-state index < -0.39 is 11.2 Å². The van der Waals surface area contributed by atoms with Crippen LogP contribution in [0, 0.1) is 0 Å². The van der Waals surface area contributed by atoms with Crippen molar-refractivity contribution in [3.05, 3.63) is 56.9 Å². The van der Waals surface area contributed by atoms with Gasteiger partial charge in [0.25, 0.3) is 5.56 Å². The first-order chi connectivity index (χ1) is 10.6. The van der Waals surface area contributed by atoms with Gasteiger partial charge in [-0.1, -0.05) is 25.5 Å². The summed E-state index contributed by atoms with van der Waals surface area (Å²) < 4.78 is 0.895. The molecule has 2 rings (SSSR count). The smallest absolute Gasteiger partial charge is 0.324 e. The number of carbonyl (C=O) groups is 1. The largest absolute Gasteiger partial charge is 0.345 e. The Hall–Kier alpha value is -2.70. The Balaban J connectivity index is 1.96. The molecule has 1 aromatic carbocycles. The van der Waals surface area contributed by atoms with E-state index in [9.17, 15) is 14.4 Å². The SMILES string of the molecule is CCCCc1ccc(NC(=O)Cn2ncc(=O)[nH]c2=O)cc1. The van der Waals surface area contributed by atoms with E-state index in [1.54, 1.807) is 0 Å². The summed E-state index contributed by atoms with van der Waals surface area (Å²) in [6, 6.07) is 7.59. The van der Waals surface area contributed by atoms with Gasteiger partial charge in [0.1, 0.15) is 12.7 Å². The molecule has 116 valence electrons. The number of unbranched alkanes of at least 4 members (excludes halogenated alkanes) is 1. The molecule has 0 aliphatic heterocycles. The molecule has 1 aromatic heterocycles. The molecule has 0 aliphatic rings. The fourth-order valence-electron chi connectivity index (χ4n) is 1.96. The van der Waals surface area contributed by atoms with E-state index in [1.807, 2.05) is 29.2 Å². The van der Waals surface area contributed by atoms with E-state index in [0.717, 1.165) is 30.1 Å². The number of rotatable bonds is 6. The van der Waals surface area contributed by atoms with Crippen LogP contribution in [0.3, 0.4) is 0 Å². The highest BCUT2D eigenvalue weighted by Crippen LogP contribution is 2.11. The van der Waals surface area contributed by atoms with E-state index >= 15 is 0 Å². The minimum absolute atomic E-state index is 0.257. The molecule has 0 spiro atoms. The van der Waals surface area contributed by atoms with Crippen molar-refractivity contribution >= 4 is 11.6 Å². The van der Waals surface area contributed by atoms with Gasteiger partial charge in [0.05, 0.1) is 0 Å². The zero-order chi connectivity index (χ0) is 15.9. The third kappa shape index (κ3) is 4.41. The maximum atomic E-state index is 11.9. The second-order valence-electron chi connectivity index (χ2n) is 4.95. The molecule has 0 aliphatic carbocycles. The number of hydrogen-bond acceptors (Lipinski definition) is 4. The van der Waals surface area contributed by atoms with Crippen LogP contribution in [0.25, 0.3) is 0 Å². The van der Waals surface area contributed by atoms with Crippen molar-refractivity contribution in [1.82, 2.24) is 14.8 Å². The number of benzene rings is 1. The molecule has 0 bridgehead atoms. The molecule has 22 heavy (non-hydrogen) atoms. The summed E-state index contributed by atoms with van der Waals surface area (Å²) in [7, 11) is 0. The highest BCUT2D eigenvalue weighted by Gasteiger charge is 2.06. The van der Waals surface area contributed by atoms with Crippen molar-refractivity contribution in [2.45, 2.75) is 32.7 Å². The minimum Gasteiger partial charge on any atom is -0.324 e. The Labute approximate surface area is 127 Å². The lowest BCUT2D eigenvalue weighted by molar-refractivity contribution is -0.117. The first-order valence-corrected chi connectivity index (χ1v) is 7.13. The number of H-pyrrole nitrogens is 1. The van der Waals surface area contributed by atoms with Crippen LogP contribution in [0.2, 0.25) is 0 Å². The highest BCUT2D eigenvalue weighted by atomic mass is 16.2. The van der Waals surface area contributed by atoms with Crippen molar-refractivity contribution in [3.8, 4) is 0 Å². The van der Waals surface area contributed by atoms with Crippen molar-refractivity contribution in [2.24, 2.45) is 0 Å². The molecule has 0 unspecified atom stereocenters. The third-order valence-electron chi connectivity index (χ3n) is 3.13. The van der Waals surface area contributed by atoms with Crippen LogP contribution in [-0.4, -0.2) is 20.7 Å². The van der Waals surface area contributed by atoms with Gasteiger partial charge in [-0.2, -0.15) is 5.10 Å². The number of nitrogens with zero attached hydrogens (tertiary/aromatic N) is 2. The molecular weight excluding hydrogens is 284 g/mol. The van der Waals surface area contributed by atoms with Crippen molar-refractivity contribution in [3.63, 3.8) is 0 Å². The monoisotopic (exact) mass is 302 g/mol. The molecule has 0 atom stereocenters. The lowest BCUT2D eigenvalue weighted by Gasteiger charge is -2.07. The summed E-state index contributed by atoms with van der Waals surface area (Å²) in [5.41, 5.74) is 0.572. The highest BCUT2D eigenvalue weighted by molar-refractivity contribution is 5.90. The zero-order valence-corrected chi connectivity index (χ0v) is 12.3. The summed E-state index contributed by atoms with van der Waals surface area (Å²) in [6.07, 6.45) is 4.24. The number of amides is 1. The second kappa shape index (κ2) is 7.35. The Morgan fingerprint density at radius 2 is 2.00 bits per heavy atom. The number of carbonyl (C=O) groups excluding carboxylic acids is 1. The van der Waals surface area contributed by atoms with Crippen LogP contribution >= 0.6 is 0 Å². The van der Waals surface area contributed by atoms with E-state index in [0.29, 0.717) is 5.69 Å². The topological polar surface area (TPSA) is 96.8 Å². The Morgan fingerprint density at radius 1 is 1.27 bits per heavy atom. The van der Waals surface area contributed by atoms with Gasteiger partial charge in [-0.05, 0) is 30.5 Å². The summed E-state index contributed by atoms with van der Waals surface area (Å²) in [5.74, 6) is -0.386. The maximum absolute atomic E-state index is 11.9. The number of anilines is 1. The quantitative estimate of drug-likeness (QED) is 0.829. The van der Waals surface area contributed by atoms with E-state index in [1.165, 1.54) is 5.56 Å². The fourth-order valence-corrected chi connectivity index (χ4v) is 1.96. The van der Waals surface area contributed by atoms with E-state index in [4.69, 9.17) is 0 Å². The van der Waals surface area contributed by atoms with E-state index in [-0.39, 0.29) is 12.5 Å². The van der Waals surface area contributed by atoms with Gasteiger partial charge in [0.2, 0.25) is 5.91 Å². The molecule has 2 aromatic rings. The van der Waals surface area contributed by atoms with Crippen molar-refractivity contribution in [2.75, 3.05) is 5.32 Å². The maximum Gasteiger partial charge on any atom is 0.345 e. The molecule has 1 amide bonds. The summed E-state index contributed by atoms with van der Waals surface area (Å²) >= 11 is 0. The van der Waals surface area contributed by atoms with Crippen LogP contribution < -0.4 is 16.6 Å².